The second kappa shape index (κ2) is 2.42. The van der Waals surface area contributed by atoms with Crippen molar-refractivity contribution >= 4 is 0 Å². The summed E-state index contributed by atoms with van der Waals surface area (Å²) in [5, 5.41) is 9.32. The highest BCUT2D eigenvalue weighted by atomic mass is 15.2. The van der Waals surface area contributed by atoms with Gasteiger partial charge in [0.15, 0.2) is 0 Å². The average Bonchev–Trinajstić information content (AvgIpc) is 2.19. The molecule has 0 aliphatic heterocycles. The van der Waals surface area contributed by atoms with E-state index in [1.165, 1.54) is 6.33 Å². The van der Waals surface area contributed by atoms with E-state index < -0.39 is 0 Å². The Bertz CT molecular complexity index is 134. The molecule has 4 nitrogen and oxygen atoms in total. The number of hydrogen-bond acceptors (Lipinski definition) is 3. The van der Waals surface area contributed by atoms with Crippen LogP contribution >= 0.6 is 0 Å². The van der Waals surface area contributed by atoms with Gasteiger partial charge < -0.3 is 5.32 Å². The molecular weight excluding hydrogens is 104 g/mol. The van der Waals surface area contributed by atoms with Crippen LogP contribution in [0.4, 0.5) is 0 Å². The Kier molecular flexibility index (Phi) is 1.58. The predicted molar refractivity (Wildman–Crippen MR) is 29.1 cm³/mol. The van der Waals surface area contributed by atoms with E-state index in [2.05, 4.69) is 20.5 Å². The molecule has 0 fully saturated rings. The third kappa shape index (κ3) is 1.04. The molecule has 0 radical (unpaired) electrons. The van der Waals surface area contributed by atoms with Crippen LogP contribution in [0.1, 0.15) is 5.82 Å². The maximum Gasteiger partial charge on any atom is 0.138 e. The summed E-state index contributed by atoms with van der Waals surface area (Å²) in [5.74, 6) is 0.868. The van der Waals surface area contributed by atoms with Crippen molar-refractivity contribution in [3.63, 3.8) is 0 Å². The average molecular weight is 112 g/mol. The second-order valence-electron chi connectivity index (χ2n) is 1.46. The molecule has 0 aliphatic rings. The summed E-state index contributed by atoms with van der Waals surface area (Å²) >= 11 is 0. The van der Waals surface area contributed by atoms with E-state index in [9.17, 15) is 0 Å². The molecule has 4 heteroatoms. The molecule has 8 heavy (non-hydrogen) atoms. The molecule has 44 valence electrons. The number of hydrogen-bond donors (Lipinski definition) is 2. The molecule has 0 spiro atoms. The summed E-state index contributed by atoms with van der Waals surface area (Å²) in [6.45, 7) is 0.750. The summed E-state index contributed by atoms with van der Waals surface area (Å²) < 4.78 is 0. The van der Waals surface area contributed by atoms with Crippen LogP contribution in [0.15, 0.2) is 6.33 Å². The van der Waals surface area contributed by atoms with Crippen molar-refractivity contribution in [2.24, 2.45) is 0 Å². The second-order valence-corrected chi connectivity index (χ2v) is 1.46. The first kappa shape index (κ1) is 5.24. The van der Waals surface area contributed by atoms with Gasteiger partial charge in [-0.2, -0.15) is 5.10 Å². The van der Waals surface area contributed by atoms with Gasteiger partial charge in [0.2, 0.25) is 0 Å². The van der Waals surface area contributed by atoms with Gasteiger partial charge in [0, 0.05) is 0 Å². The quantitative estimate of drug-likeness (QED) is 0.543. The Morgan fingerprint density at radius 1 is 1.88 bits per heavy atom. The highest BCUT2D eigenvalue weighted by Gasteiger charge is 1.87. The standard InChI is InChI=1S/C4H8N4/c1-5-2-4-6-3-7-8-4/h3,5H,2H2,1H3,(H,6,7,8). The molecule has 0 aliphatic carbocycles. The summed E-state index contributed by atoms with van der Waals surface area (Å²) in [4.78, 5) is 3.88. The van der Waals surface area contributed by atoms with Crippen molar-refractivity contribution in [1.82, 2.24) is 20.5 Å². The summed E-state index contributed by atoms with van der Waals surface area (Å²) in [7, 11) is 1.86. The number of nitrogens with one attached hydrogen (secondary N) is 2. The smallest absolute Gasteiger partial charge is 0.138 e. The lowest BCUT2D eigenvalue weighted by atomic mass is 10.6. The Balaban J connectivity index is 2.50. The van der Waals surface area contributed by atoms with Gasteiger partial charge in [-0.3, -0.25) is 5.10 Å². The fourth-order valence-corrected chi connectivity index (χ4v) is 0.483. The fraction of sp³-hybridized carbons (Fsp3) is 0.500. The molecule has 0 amide bonds. The van der Waals surface area contributed by atoms with E-state index in [4.69, 9.17) is 0 Å². The minimum Gasteiger partial charge on any atom is -0.313 e. The molecule has 1 rings (SSSR count). The van der Waals surface area contributed by atoms with E-state index in [0.29, 0.717) is 0 Å². The maximum atomic E-state index is 3.88. The van der Waals surface area contributed by atoms with Crippen molar-refractivity contribution in [3.8, 4) is 0 Å². The monoisotopic (exact) mass is 112 g/mol. The van der Waals surface area contributed by atoms with Crippen LogP contribution in [0.5, 0.6) is 0 Å². The maximum absolute atomic E-state index is 3.88. The molecule has 1 aromatic heterocycles. The highest BCUT2D eigenvalue weighted by molar-refractivity contribution is 4.76. The normalized spacial score (nSPS) is 9.62. The number of aromatic nitrogens is 3. The molecule has 2 N–H and O–H groups in total. The molecule has 1 aromatic rings. The first-order chi connectivity index (χ1) is 3.93. The Morgan fingerprint density at radius 3 is 3.25 bits per heavy atom. The topological polar surface area (TPSA) is 53.6 Å². The van der Waals surface area contributed by atoms with Crippen LogP contribution in [0.2, 0.25) is 0 Å². The van der Waals surface area contributed by atoms with E-state index in [1.807, 2.05) is 7.05 Å². The van der Waals surface area contributed by atoms with Crippen LogP contribution in [0.3, 0.4) is 0 Å². The van der Waals surface area contributed by atoms with Crippen molar-refractivity contribution in [1.29, 1.82) is 0 Å². The predicted octanol–water partition coefficient (Wildman–Crippen LogP) is -0.476. The van der Waals surface area contributed by atoms with Gasteiger partial charge in [-0.1, -0.05) is 0 Å². The zero-order valence-electron chi connectivity index (χ0n) is 4.68. The number of rotatable bonds is 2. The molecule has 0 saturated carbocycles. The minimum absolute atomic E-state index is 0.750. The van der Waals surface area contributed by atoms with Crippen molar-refractivity contribution in [2.45, 2.75) is 6.54 Å². The summed E-state index contributed by atoms with van der Waals surface area (Å²) in [5.41, 5.74) is 0. The van der Waals surface area contributed by atoms with Gasteiger partial charge in [-0.25, -0.2) is 4.98 Å². The first-order valence-corrected chi connectivity index (χ1v) is 2.42. The molecule has 1 heterocycles. The van der Waals surface area contributed by atoms with Gasteiger partial charge in [0.05, 0.1) is 6.54 Å². The number of aromatic amines is 1. The van der Waals surface area contributed by atoms with E-state index in [1.54, 1.807) is 0 Å². The van der Waals surface area contributed by atoms with Gasteiger partial charge in [0.25, 0.3) is 0 Å². The zero-order chi connectivity index (χ0) is 5.82. The van der Waals surface area contributed by atoms with Crippen LogP contribution in [-0.2, 0) is 6.54 Å². The molecular formula is C4H8N4. The van der Waals surface area contributed by atoms with Crippen LogP contribution in [-0.4, -0.2) is 22.2 Å². The summed E-state index contributed by atoms with van der Waals surface area (Å²) in [6, 6.07) is 0. The number of H-pyrrole nitrogens is 1. The molecule has 0 aromatic carbocycles. The van der Waals surface area contributed by atoms with Crippen LogP contribution in [0.25, 0.3) is 0 Å². The van der Waals surface area contributed by atoms with Crippen molar-refractivity contribution in [2.75, 3.05) is 7.05 Å². The lowest BCUT2D eigenvalue weighted by molar-refractivity contribution is 0.763. The summed E-state index contributed by atoms with van der Waals surface area (Å²) in [6.07, 6.45) is 1.49. The highest BCUT2D eigenvalue weighted by Crippen LogP contribution is 1.79. The van der Waals surface area contributed by atoms with E-state index in [-0.39, 0.29) is 0 Å². The minimum atomic E-state index is 0.750. The van der Waals surface area contributed by atoms with Gasteiger partial charge in [-0.15, -0.1) is 0 Å². The van der Waals surface area contributed by atoms with E-state index in [0.717, 1.165) is 12.4 Å². The largest absolute Gasteiger partial charge is 0.313 e. The van der Waals surface area contributed by atoms with Gasteiger partial charge in [-0.05, 0) is 7.05 Å². The third-order valence-electron chi connectivity index (χ3n) is 0.809. The molecule has 0 unspecified atom stereocenters. The third-order valence-corrected chi connectivity index (χ3v) is 0.809. The molecule has 0 saturated heterocycles. The van der Waals surface area contributed by atoms with Crippen molar-refractivity contribution in [3.05, 3.63) is 12.2 Å². The lowest BCUT2D eigenvalue weighted by Crippen LogP contribution is -2.06. The Hall–Kier alpha value is -0.900. The Morgan fingerprint density at radius 2 is 2.75 bits per heavy atom. The fourth-order valence-electron chi connectivity index (χ4n) is 0.483. The molecule has 0 bridgehead atoms. The zero-order valence-corrected chi connectivity index (χ0v) is 4.68. The SMILES string of the molecule is CNCc1ncn[nH]1. The van der Waals surface area contributed by atoms with Gasteiger partial charge >= 0.3 is 0 Å². The molecule has 0 atom stereocenters. The first-order valence-electron chi connectivity index (χ1n) is 2.42. The van der Waals surface area contributed by atoms with Crippen LogP contribution < -0.4 is 5.32 Å². The van der Waals surface area contributed by atoms with E-state index >= 15 is 0 Å². The Labute approximate surface area is 47.3 Å². The number of nitrogens with zero attached hydrogens (tertiary/aromatic N) is 2. The van der Waals surface area contributed by atoms with Crippen molar-refractivity contribution < 1.29 is 0 Å². The van der Waals surface area contributed by atoms with Gasteiger partial charge in [0.1, 0.15) is 12.2 Å². The lowest BCUT2D eigenvalue weighted by Gasteiger charge is -1.87. The van der Waals surface area contributed by atoms with Crippen LogP contribution in [0, 0.1) is 0 Å².